The third-order valence-corrected chi connectivity index (χ3v) is 4.75. The molecule has 0 spiro atoms. The standard InChI is InChI=1S/C21H18F2N4O/c1-13-2-7-17(10-18(13)23)25-21(28)27-9-8-19-15(12-27)11-24-20(26-19)14-3-5-16(22)6-4-14/h2-7,10-11H,8-9,12H2,1H3,(H,25,28). The van der Waals surface area contributed by atoms with E-state index in [0.717, 1.165) is 16.8 Å². The summed E-state index contributed by atoms with van der Waals surface area (Å²) in [5.74, 6) is -0.132. The SMILES string of the molecule is Cc1ccc(NC(=O)N2CCc3nc(-c4ccc(F)cc4)ncc3C2)cc1F. The molecule has 2 aromatic carbocycles. The summed E-state index contributed by atoms with van der Waals surface area (Å²) in [6.45, 7) is 2.54. The van der Waals surface area contributed by atoms with Gasteiger partial charge in [-0.1, -0.05) is 6.07 Å². The van der Waals surface area contributed by atoms with Gasteiger partial charge in [0.2, 0.25) is 0 Å². The maximum absolute atomic E-state index is 13.7. The van der Waals surface area contributed by atoms with Crippen molar-refractivity contribution in [2.45, 2.75) is 19.9 Å². The van der Waals surface area contributed by atoms with Crippen LogP contribution in [-0.2, 0) is 13.0 Å². The minimum absolute atomic E-state index is 0.295. The second-order valence-corrected chi connectivity index (χ2v) is 6.74. The molecule has 28 heavy (non-hydrogen) atoms. The van der Waals surface area contributed by atoms with Gasteiger partial charge in [0.05, 0.1) is 12.2 Å². The molecule has 3 aromatic rings. The van der Waals surface area contributed by atoms with Crippen molar-refractivity contribution >= 4 is 11.7 Å². The van der Waals surface area contributed by atoms with Crippen LogP contribution in [0.15, 0.2) is 48.7 Å². The summed E-state index contributed by atoms with van der Waals surface area (Å²) in [4.78, 5) is 23.1. The van der Waals surface area contributed by atoms with Crippen LogP contribution in [0.2, 0.25) is 0 Å². The summed E-state index contributed by atoms with van der Waals surface area (Å²) in [5, 5.41) is 2.72. The number of anilines is 1. The van der Waals surface area contributed by atoms with Crippen LogP contribution in [0.5, 0.6) is 0 Å². The predicted molar refractivity (Wildman–Crippen MR) is 102 cm³/mol. The maximum atomic E-state index is 13.7. The Morgan fingerprint density at radius 2 is 1.93 bits per heavy atom. The van der Waals surface area contributed by atoms with Gasteiger partial charge in [0.1, 0.15) is 11.6 Å². The zero-order valence-electron chi connectivity index (χ0n) is 15.2. The molecule has 0 saturated carbocycles. The first-order valence-electron chi connectivity index (χ1n) is 8.92. The van der Waals surface area contributed by atoms with E-state index in [1.807, 2.05) is 0 Å². The number of hydrogen-bond acceptors (Lipinski definition) is 3. The Morgan fingerprint density at radius 3 is 2.68 bits per heavy atom. The number of benzene rings is 2. The third-order valence-electron chi connectivity index (χ3n) is 4.75. The van der Waals surface area contributed by atoms with Crippen molar-refractivity contribution in [1.29, 1.82) is 0 Å². The molecule has 1 aliphatic rings. The highest BCUT2D eigenvalue weighted by Gasteiger charge is 2.23. The molecule has 4 rings (SSSR count). The number of rotatable bonds is 2. The van der Waals surface area contributed by atoms with Crippen LogP contribution in [0.1, 0.15) is 16.8 Å². The number of aryl methyl sites for hydroxylation is 1. The van der Waals surface area contributed by atoms with E-state index in [2.05, 4.69) is 15.3 Å². The van der Waals surface area contributed by atoms with Crippen molar-refractivity contribution in [3.8, 4) is 11.4 Å². The van der Waals surface area contributed by atoms with Crippen LogP contribution >= 0.6 is 0 Å². The lowest BCUT2D eigenvalue weighted by Crippen LogP contribution is -2.39. The van der Waals surface area contributed by atoms with Crippen LogP contribution in [-0.4, -0.2) is 27.4 Å². The zero-order valence-corrected chi connectivity index (χ0v) is 15.2. The van der Waals surface area contributed by atoms with E-state index < -0.39 is 0 Å². The molecule has 0 saturated heterocycles. The first-order chi connectivity index (χ1) is 13.5. The molecule has 0 unspecified atom stereocenters. The molecule has 5 nitrogen and oxygen atoms in total. The summed E-state index contributed by atoms with van der Waals surface area (Å²) < 4.78 is 26.8. The number of amides is 2. The number of nitrogens with one attached hydrogen (secondary N) is 1. The molecule has 0 atom stereocenters. The minimum Gasteiger partial charge on any atom is -0.320 e. The van der Waals surface area contributed by atoms with Crippen LogP contribution < -0.4 is 5.32 Å². The Kier molecular flexibility index (Phi) is 4.73. The van der Waals surface area contributed by atoms with E-state index in [4.69, 9.17) is 0 Å². The topological polar surface area (TPSA) is 58.1 Å². The van der Waals surface area contributed by atoms with E-state index in [1.165, 1.54) is 18.2 Å². The molecule has 2 heterocycles. The van der Waals surface area contributed by atoms with Crippen molar-refractivity contribution in [2.75, 3.05) is 11.9 Å². The van der Waals surface area contributed by atoms with Crippen molar-refractivity contribution in [3.05, 3.63) is 77.1 Å². The molecule has 142 valence electrons. The van der Waals surface area contributed by atoms with Gasteiger partial charge >= 0.3 is 6.03 Å². The highest BCUT2D eigenvalue weighted by atomic mass is 19.1. The number of carbonyl (C=O) groups excluding carboxylic acids is 1. The molecular formula is C21H18F2N4O. The van der Waals surface area contributed by atoms with Crippen LogP contribution in [0.4, 0.5) is 19.3 Å². The third kappa shape index (κ3) is 3.69. The number of nitrogens with zero attached hydrogens (tertiary/aromatic N) is 3. The van der Waals surface area contributed by atoms with Gasteiger partial charge in [-0.3, -0.25) is 0 Å². The fourth-order valence-corrected chi connectivity index (χ4v) is 3.10. The minimum atomic E-state index is -0.358. The van der Waals surface area contributed by atoms with Gasteiger partial charge < -0.3 is 10.2 Å². The Hall–Kier alpha value is -3.35. The van der Waals surface area contributed by atoms with Gasteiger partial charge in [-0.2, -0.15) is 0 Å². The Balaban J connectivity index is 1.47. The molecule has 0 radical (unpaired) electrons. The fourth-order valence-electron chi connectivity index (χ4n) is 3.10. The highest BCUT2D eigenvalue weighted by Crippen LogP contribution is 2.22. The second-order valence-electron chi connectivity index (χ2n) is 6.74. The molecule has 0 bridgehead atoms. The summed E-state index contributed by atoms with van der Waals surface area (Å²) in [7, 11) is 0. The number of urea groups is 1. The fraction of sp³-hybridized carbons (Fsp3) is 0.190. The second kappa shape index (κ2) is 7.34. The van der Waals surface area contributed by atoms with Crippen molar-refractivity contribution < 1.29 is 13.6 Å². The number of halogens is 2. The summed E-state index contributed by atoms with van der Waals surface area (Å²) in [6.07, 6.45) is 2.29. The maximum Gasteiger partial charge on any atom is 0.322 e. The lowest BCUT2D eigenvalue weighted by Gasteiger charge is -2.28. The molecule has 0 fully saturated rings. The molecule has 0 aliphatic carbocycles. The molecular weight excluding hydrogens is 362 g/mol. The van der Waals surface area contributed by atoms with Crippen LogP contribution in [0.3, 0.4) is 0 Å². The predicted octanol–water partition coefficient (Wildman–Crippen LogP) is 4.32. The smallest absolute Gasteiger partial charge is 0.320 e. The van der Waals surface area contributed by atoms with Gasteiger partial charge in [-0.05, 0) is 48.9 Å². The van der Waals surface area contributed by atoms with Crippen molar-refractivity contribution in [1.82, 2.24) is 14.9 Å². The largest absolute Gasteiger partial charge is 0.322 e. The van der Waals surface area contributed by atoms with Gasteiger partial charge in [-0.25, -0.2) is 23.5 Å². The van der Waals surface area contributed by atoms with Crippen LogP contribution in [0.25, 0.3) is 11.4 Å². The van der Waals surface area contributed by atoms with E-state index in [0.29, 0.717) is 36.6 Å². The lowest BCUT2D eigenvalue weighted by atomic mass is 10.1. The van der Waals surface area contributed by atoms with Crippen LogP contribution in [0, 0.1) is 18.6 Å². The molecule has 2 amide bonds. The Bertz CT molecular complexity index is 1040. The average molecular weight is 380 g/mol. The summed E-state index contributed by atoms with van der Waals surface area (Å²) in [5.41, 5.74) is 3.42. The quantitative estimate of drug-likeness (QED) is 0.720. The van der Waals surface area contributed by atoms with Gasteiger partial charge in [0, 0.05) is 36.0 Å². The normalized spacial score (nSPS) is 13.2. The first kappa shape index (κ1) is 18.0. The summed E-state index contributed by atoms with van der Waals surface area (Å²) in [6, 6.07) is 10.3. The Labute approximate surface area is 161 Å². The van der Waals surface area contributed by atoms with E-state index in [9.17, 15) is 13.6 Å². The van der Waals surface area contributed by atoms with Crippen molar-refractivity contribution in [3.63, 3.8) is 0 Å². The number of aromatic nitrogens is 2. The van der Waals surface area contributed by atoms with E-state index in [1.54, 1.807) is 42.3 Å². The molecule has 7 heteroatoms. The molecule has 1 aliphatic heterocycles. The first-order valence-corrected chi connectivity index (χ1v) is 8.92. The Morgan fingerprint density at radius 1 is 1.14 bits per heavy atom. The number of fused-ring (bicyclic) bond motifs is 1. The van der Waals surface area contributed by atoms with Gasteiger partial charge in [-0.15, -0.1) is 0 Å². The van der Waals surface area contributed by atoms with Gasteiger partial charge in [0.25, 0.3) is 0 Å². The monoisotopic (exact) mass is 380 g/mol. The van der Waals surface area contributed by atoms with Crippen molar-refractivity contribution in [2.24, 2.45) is 0 Å². The number of hydrogen-bond donors (Lipinski definition) is 1. The highest BCUT2D eigenvalue weighted by molar-refractivity contribution is 5.89. The van der Waals surface area contributed by atoms with Gasteiger partial charge in [0.15, 0.2) is 5.82 Å². The molecule has 1 aromatic heterocycles. The molecule has 1 N–H and O–H groups in total. The zero-order chi connectivity index (χ0) is 19.7. The van der Waals surface area contributed by atoms with E-state index in [-0.39, 0.29) is 17.7 Å². The lowest BCUT2D eigenvalue weighted by molar-refractivity contribution is 0.206. The number of carbonyl (C=O) groups is 1. The average Bonchev–Trinajstić information content (AvgIpc) is 2.70. The summed E-state index contributed by atoms with van der Waals surface area (Å²) >= 11 is 0. The van der Waals surface area contributed by atoms with E-state index >= 15 is 0 Å².